The van der Waals surface area contributed by atoms with Gasteiger partial charge in [0.2, 0.25) is 11.8 Å². The molecule has 0 aliphatic carbocycles. The molecule has 7 N–H and O–H groups in total. The molecule has 0 heterocycles. The molecular weight excluding hydrogens is 294 g/mol. The van der Waals surface area contributed by atoms with Gasteiger partial charge in [-0.3, -0.25) is 9.59 Å². The van der Waals surface area contributed by atoms with Crippen LogP contribution in [0.5, 0.6) is 0 Å². The van der Waals surface area contributed by atoms with Gasteiger partial charge < -0.3 is 27.0 Å². The van der Waals surface area contributed by atoms with E-state index in [0.29, 0.717) is 0 Å². The fraction of sp³-hybridized carbons (Fsp3) is 0.231. The quantitative estimate of drug-likeness (QED) is 0.378. The zero-order valence-corrected chi connectivity index (χ0v) is 11.4. The van der Waals surface area contributed by atoms with Gasteiger partial charge in [-0.25, -0.2) is 9.59 Å². The van der Waals surface area contributed by atoms with E-state index in [-0.39, 0.29) is 29.7 Å². The second kappa shape index (κ2) is 7.07. The summed E-state index contributed by atoms with van der Waals surface area (Å²) >= 11 is 0. The first-order chi connectivity index (χ1) is 10.2. The number of aliphatic carboxylic acids is 1. The first-order valence-corrected chi connectivity index (χ1v) is 6.14. The average Bonchev–Trinajstić information content (AvgIpc) is 2.42. The van der Waals surface area contributed by atoms with E-state index < -0.39 is 29.9 Å². The summed E-state index contributed by atoms with van der Waals surface area (Å²) in [6.07, 6.45) is -2.17. The Morgan fingerprint density at radius 3 is 2.32 bits per heavy atom. The first-order valence-electron chi connectivity index (χ1n) is 6.14. The number of hydrogen-bond acceptors (Lipinski definition) is 6. The summed E-state index contributed by atoms with van der Waals surface area (Å²) in [5, 5.41) is 8.98. The van der Waals surface area contributed by atoms with Gasteiger partial charge in [0.05, 0.1) is 11.1 Å². The van der Waals surface area contributed by atoms with Crippen molar-refractivity contribution in [3.05, 3.63) is 29.3 Å². The van der Waals surface area contributed by atoms with E-state index in [2.05, 4.69) is 0 Å². The summed E-state index contributed by atoms with van der Waals surface area (Å²) in [5.41, 5.74) is 15.1. The van der Waals surface area contributed by atoms with Crippen LogP contribution >= 0.6 is 0 Å². The molecule has 118 valence electrons. The van der Waals surface area contributed by atoms with Crippen LogP contribution in [0, 0.1) is 0 Å². The molecule has 2 amide bonds. The Morgan fingerprint density at radius 2 is 1.82 bits per heavy atom. The van der Waals surface area contributed by atoms with Gasteiger partial charge in [-0.15, -0.1) is 0 Å². The second-order valence-corrected chi connectivity index (χ2v) is 4.37. The van der Waals surface area contributed by atoms with Crippen LogP contribution in [0.3, 0.4) is 0 Å². The molecule has 0 bridgehead atoms. The summed E-state index contributed by atoms with van der Waals surface area (Å²) in [6, 6.07) is 4.00. The highest BCUT2D eigenvalue weighted by Crippen LogP contribution is 2.19. The number of nitrogens with two attached hydrogens (primary N) is 3. The predicted octanol–water partition coefficient (Wildman–Crippen LogP) is -0.757. The fourth-order valence-electron chi connectivity index (χ4n) is 1.70. The van der Waals surface area contributed by atoms with Crippen LogP contribution in [0.25, 0.3) is 0 Å². The van der Waals surface area contributed by atoms with E-state index in [1.165, 1.54) is 18.2 Å². The van der Waals surface area contributed by atoms with Crippen molar-refractivity contribution in [3.8, 4) is 0 Å². The van der Waals surface area contributed by atoms with Crippen molar-refractivity contribution < 1.29 is 29.0 Å². The first kappa shape index (κ1) is 17.0. The normalized spacial score (nSPS) is 11.5. The zero-order chi connectivity index (χ0) is 16.9. The van der Waals surface area contributed by atoms with Gasteiger partial charge in [-0.1, -0.05) is 6.07 Å². The van der Waals surface area contributed by atoms with Crippen LogP contribution < -0.4 is 17.2 Å². The number of carboxylic acid groups (broad SMARTS) is 1. The Labute approximate surface area is 125 Å². The number of carbonyl (C=O) groups is 4. The molecule has 9 nitrogen and oxygen atoms in total. The van der Waals surface area contributed by atoms with E-state index >= 15 is 0 Å². The molecule has 0 radical (unpaired) electrons. The maximum Gasteiger partial charge on any atom is 0.345 e. The molecule has 0 aromatic heterocycles. The molecule has 0 aliphatic heterocycles. The number of benzene rings is 1. The number of amides is 2. The smallest absolute Gasteiger partial charge is 0.345 e. The Hall–Kier alpha value is -3.10. The van der Waals surface area contributed by atoms with Crippen LogP contribution in [0.15, 0.2) is 18.2 Å². The van der Waals surface area contributed by atoms with E-state index in [1.54, 1.807) is 0 Å². The Balaban J connectivity index is 3.02. The fourth-order valence-corrected chi connectivity index (χ4v) is 1.70. The zero-order valence-electron chi connectivity index (χ0n) is 11.4. The van der Waals surface area contributed by atoms with E-state index in [4.69, 9.17) is 27.0 Å². The maximum atomic E-state index is 12.1. The lowest BCUT2D eigenvalue weighted by molar-refractivity contribution is -0.147. The van der Waals surface area contributed by atoms with E-state index in [9.17, 15) is 19.2 Å². The highest BCUT2D eigenvalue weighted by atomic mass is 16.6. The van der Waals surface area contributed by atoms with Gasteiger partial charge in [0.25, 0.3) is 0 Å². The summed E-state index contributed by atoms with van der Waals surface area (Å²) in [5.74, 6) is -4.23. The molecule has 1 aromatic rings. The van der Waals surface area contributed by atoms with Gasteiger partial charge >= 0.3 is 11.9 Å². The average molecular weight is 309 g/mol. The summed E-state index contributed by atoms with van der Waals surface area (Å²) in [7, 11) is 0. The van der Waals surface area contributed by atoms with Gasteiger partial charge in [0, 0.05) is 18.5 Å². The molecule has 0 spiro atoms. The van der Waals surface area contributed by atoms with Crippen LogP contribution in [0.4, 0.5) is 5.69 Å². The monoisotopic (exact) mass is 309 g/mol. The second-order valence-electron chi connectivity index (χ2n) is 4.37. The van der Waals surface area contributed by atoms with E-state index in [1.807, 2.05) is 0 Å². The topological polar surface area (TPSA) is 176 Å². The van der Waals surface area contributed by atoms with Crippen molar-refractivity contribution in [2.24, 2.45) is 11.5 Å². The minimum atomic E-state index is -1.60. The molecule has 1 rings (SSSR count). The number of esters is 1. The number of ether oxygens (including phenoxy) is 1. The molecule has 0 saturated heterocycles. The summed E-state index contributed by atoms with van der Waals surface area (Å²) in [6.45, 7) is 0. The molecule has 1 unspecified atom stereocenters. The summed E-state index contributed by atoms with van der Waals surface area (Å²) < 4.78 is 4.79. The van der Waals surface area contributed by atoms with Crippen LogP contribution in [-0.4, -0.2) is 35.0 Å². The number of primary amides is 2. The van der Waals surface area contributed by atoms with Crippen molar-refractivity contribution in [1.29, 1.82) is 0 Å². The Kier molecular flexibility index (Phi) is 5.44. The van der Waals surface area contributed by atoms with Crippen LogP contribution in [0.2, 0.25) is 0 Å². The third-order valence-electron chi connectivity index (χ3n) is 2.74. The van der Waals surface area contributed by atoms with Gasteiger partial charge in [0.15, 0.2) is 6.10 Å². The van der Waals surface area contributed by atoms with Crippen molar-refractivity contribution in [2.45, 2.75) is 18.9 Å². The van der Waals surface area contributed by atoms with Crippen molar-refractivity contribution in [2.75, 3.05) is 5.73 Å². The lowest BCUT2D eigenvalue weighted by Gasteiger charge is -2.15. The number of carboxylic acids is 1. The number of rotatable bonds is 7. The standard InChI is InChI=1S/C13H15N3O6/c14-7-3-1-2-6(11(16)18)10(7)13(21)22-8(12(19)20)4-5-9(15)17/h1-3,8H,4-5,14H2,(H2,15,17)(H2,16,18)(H,19,20). The molecular formula is C13H15N3O6. The van der Waals surface area contributed by atoms with Crippen molar-refractivity contribution >= 4 is 29.4 Å². The highest BCUT2D eigenvalue weighted by Gasteiger charge is 2.27. The molecule has 1 atom stereocenters. The maximum absolute atomic E-state index is 12.1. The van der Waals surface area contributed by atoms with Gasteiger partial charge in [-0.05, 0) is 12.1 Å². The van der Waals surface area contributed by atoms with Crippen LogP contribution in [0.1, 0.15) is 33.6 Å². The van der Waals surface area contributed by atoms with Crippen molar-refractivity contribution in [3.63, 3.8) is 0 Å². The number of anilines is 1. The SMILES string of the molecule is NC(=O)CCC(OC(=O)c1c(N)cccc1C(N)=O)C(=O)O. The minimum Gasteiger partial charge on any atom is -0.479 e. The molecule has 0 aliphatic rings. The minimum absolute atomic E-state index is 0.0830. The van der Waals surface area contributed by atoms with Gasteiger partial charge in [-0.2, -0.15) is 0 Å². The predicted molar refractivity (Wildman–Crippen MR) is 74.6 cm³/mol. The Morgan fingerprint density at radius 1 is 1.18 bits per heavy atom. The van der Waals surface area contributed by atoms with Gasteiger partial charge in [0.1, 0.15) is 0 Å². The Bertz CT molecular complexity index is 628. The molecule has 22 heavy (non-hydrogen) atoms. The lowest BCUT2D eigenvalue weighted by Crippen LogP contribution is -2.30. The van der Waals surface area contributed by atoms with Crippen molar-refractivity contribution in [1.82, 2.24) is 0 Å². The van der Waals surface area contributed by atoms with Crippen LogP contribution in [-0.2, 0) is 14.3 Å². The summed E-state index contributed by atoms with van der Waals surface area (Å²) in [4.78, 5) is 45.1. The number of nitrogen functional groups attached to an aromatic ring is 1. The van der Waals surface area contributed by atoms with E-state index in [0.717, 1.165) is 0 Å². The molecule has 0 saturated carbocycles. The number of carbonyl (C=O) groups excluding carboxylic acids is 3. The molecule has 0 fully saturated rings. The number of hydrogen-bond donors (Lipinski definition) is 4. The lowest BCUT2D eigenvalue weighted by atomic mass is 10.0. The highest BCUT2D eigenvalue weighted by molar-refractivity contribution is 6.08. The third kappa shape index (κ3) is 4.20. The largest absolute Gasteiger partial charge is 0.479 e. The third-order valence-corrected chi connectivity index (χ3v) is 2.74. The molecule has 9 heteroatoms. The molecule has 1 aromatic carbocycles.